The summed E-state index contributed by atoms with van der Waals surface area (Å²) in [6.07, 6.45) is 5.00. The number of nitrogens with zero attached hydrogens (tertiary/aromatic N) is 3. The lowest BCUT2D eigenvalue weighted by Crippen LogP contribution is -2.44. The molecule has 2 aliphatic rings. The van der Waals surface area contributed by atoms with Gasteiger partial charge in [0.1, 0.15) is 5.76 Å². The predicted molar refractivity (Wildman–Crippen MR) is 142 cm³/mol. The zero-order valence-electron chi connectivity index (χ0n) is 23.1. The third kappa shape index (κ3) is 6.31. The standard InChI is InChI=1S/C29H41N3O6/c1-5-7-13-31(14-8-6-2)27(33)17-32-16-22(21-9-11-24-25(15-21)37-18-36-24)28(29(34)35)23(32)10-12-26-30-19(3)20(4)38-26/h9,11,15,22-23,28H,5-8,10,12-14,16-18H2,1-4H3,(H,34,35)/t22-,23+,28-/m1/s1. The molecule has 1 amide bonds. The molecule has 0 bridgehead atoms. The molecule has 4 rings (SSSR count). The Balaban J connectivity index is 1.59. The van der Waals surface area contributed by atoms with Gasteiger partial charge < -0.3 is 23.9 Å². The van der Waals surface area contributed by atoms with Crippen molar-refractivity contribution in [1.29, 1.82) is 0 Å². The Morgan fingerprint density at radius 2 is 1.82 bits per heavy atom. The van der Waals surface area contributed by atoms with Crippen molar-refractivity contribution >= 4 is 11.9 Å². The maximum absolute atomic E-state index is 13.5. The number of benzene rings is 1. The monoisotopic (exact) mass is 527 g/mol. The van der Waals surface area contributed by atoms with Crippen LogP contribution in [-0.4, -0.2) is 70.8 Å². The molecule has 1 N–H and O–H groups in total. The second-order valence-electron chi connectivity index (χ2n) is 10.5. The maximum Gasteiger partial charge on any atom is 0.308 e. The first-order valence-corrected chi connectivity index (χ1v) is 13.9. The summed E-state index contributed by atoms with van der Waals surface area (Å²) in [5.74, 6) is 0.917. The van der Waals surface area contributed by atoms with Crippen molar-refractivity contribution in [2.24, 2.45) is 5.92 Å². The summed E-state index contributed by atoms with van der Waals surface area (Å²) in [6, 6.07) is 5.32. The van der Waals surface area contributed by atoms with E-state index in [1.807, 2.05) is 36.9 Å². The number of unbranched alkanes of at least 4 members (excludes halogenated alkanes) is 2. The van der Waals surface area contributed by atoms with Gasteiger partial charge in [-0.25, -0.2) is 4.98 Å². The van der Waals surface area contributed by atoms with Gasteiger partial charge in [-0.3, -0.25) is 14.5 Å². The van der Waals surface area contributed by atoms with Crippen molar-refractivity contribution in [2.45, 2.75) is 78.2 Å². The van der Waals surface area contributed by atoms with E-state index in [9.17, 15) is 14.7 Å². The van der Waals surface area contributed by atoms with Crippen molar-refractivity contribution in [3.63, 3.8) is 0 Å². The molecule has 2 aliphatic heterocycles. The Bertz CT molecular complexity index is 1090. The highest BCUT2D eigenvalue weighted by molar-refractivity contribution is 5.79. The number of aliphatic carboxylic acids is 1. The van der Waals surface area contributed by atoms with E-state index in [1.165, 1.54) is 0 Å². The van der Waals surface area contributed by atoms with Gasteiger partial charge in [-0.15, -0.1) is 0 Å². The number of carbonyl (C=O) groups is 2. The van der Waals surface area contributed by atoms with E-state index in [2.05, 4.69) is 23.7 Å². The molecule has 0 unspecified atom stereocenters. The zero-order chi connectivity index (χ0) is 27.2. The highest BCUT2D eigenvalue weighted by Gasteiger charge is 2.47. The van der Waals surface area contributed by atoms with Crippen LogP contribution in [0.1, 0.15) is 74.8 Å². The van der Waals surface area contributed by atoms with E-state index >= 15 is 0 Å². The molecule has 1 aromatic carbocycles. The van der Waals surface area contributed by atoms with Gasteiger partial charge in [0.25, 0.3) is 0 Å². The van der Waals surface area contributed by atoms with Gasteiger partial charge in [-0.05, 0) is 50.8 Å². The Kier molecular flexibility index (Phi) is 9.31. The number of hydrogen-bond acceptors (Lipinski definition) is 7. The van der Waals surface area contributed by atoms with Crippen LogP contribution in [0.15, 0.2) is 22.6 Å². The van der Waals surface area contributed by atoms with Gasteiger partial charge in [0.2, 0.25) is 12.7 Å². The van der Waals surface area contributed by atoms with Crippen LogP contribution in [0.5, 0.6) is 11.5 Å². The van der Waals surface area contributed by atoms with Gasteiger partial charge in [0.15, 0.2) is 17.4 Å². The third-order valence-electron chi connectivity index (χ3n) is 7.84. The van der Waals surface area contributed by atoms with Gasteiger partial charge in [0, 0.05) is 38.0 Å². The fraction of sp³-hybridized carbons (Fsp3) is 0.621. The van der Waals surface area contributed by atoms with Gasteiger partial charge >= 0.3 is 5.97 Å². The number of carbonyl (C=O) groups excluding carboxylic acids is 1. The van der Waals surface area contributed by atoms with Crippen LogP contribution in [0.3, 0.4) is 0 Å². The number of oxazole rings is 1. The van der Waals surface area contributed by atoms with E-state index in [0.29, 0.717) is 36.8 Å². The molecule has 0 saturated carbocycles. The molecular formula is C29H41N3O6. The Morgan fingerprint density at radius 1 is 1.11 bits per heavy atom. The molecule has 0 spiro atoms. The summed E-state index contributed by atoms with van der Waals surface area (Å²) in [7, 11) is 0. The molecule has 1 aromatic heterocycles. The van der Waals surface area contributed by atoms with Gasteiger partial charge in [0.05, 0.1) is 18.2 Å². The first kappa shape index (κ1) is 28.0. The normalized spacial score (nSPS) is 20.7. The number of carboxylic acid groups (broad SMARTS) is 1. The summed E-state index contributed by atoms with van der Waals surface area (Å²) in [5, 5.41) is 10.4. The number of carboxylic acids is 1. The van der Waals surface area contributed by atoms with E-state index in [-0.39, 0.29) is 31.2 Å². The van der Waals surface area contributed by atoms with Crippen molar-refractivity contribution < 1.29 is 28.6 Å². The average Bonchev–Trinajstić information content (AvgIpc) is 3.59. The summed E-state index contributed by atoms with van der Waals surface area (Å²) < 4.78 is 16.8. The van der Waals surface area contributed by atoms with E-state index in [0.717, 1.165) is 55.8 Å². The minimum Gasteiger partial charge on any atom is -0.481 e. The molecule has 1 saturated heterocycles. The molecule has 0 aliphatic carbocycles. The number of hydrogen-bond donors (Lipinski definition) is 1. The van der Waals surface area contributed by atoms with Gasteiger partial charge in [-0.1, -0.05) is 32.8 Å². The average molecular weight is 528 g/mol. The van der Waals surface area contributed by atoms with Crippen LogP contribution in [0.2, 0.25) is 0 Å². The van der Waals surface area contributed by atoms with Crippen molar-refractivity contribution in [3.05, 3.63) is 41.1 Å². The number of likely N-dealkylation sites (tertiary alicyclic amines) is 1. The van der Waals surface area contributed by atoms with Crippen molar-refractivity contribution in [1.82, 2.24) is 14.8 Å². The highest BCUT2D eigenvalue weighted by atomic mass is 16.7. The molecule has 1 fully saturated rings. The van der Waals surface area contributed by atoms with Crippen LogP contribution in [0.25, 0.3) is 0 Å². The first-order chi connectivity index (χ1) is 18.3. The summed E-state index contributed by atoms with van der Waals surface area (Å²) in [4.78, 5) is 34.8. The molecule has 38 heavy (non-hydrogen) atoms. The molecule has 9 nitrogen and oxygen atoms in total. The number of aromatic nitrogens is 1. The van der Waals surface area contributed by atoms with Crippen LogP contribution in [-0.2, 0) is 16.0 Å². The van der Waals surface area contributed by atoms with E-state index < -0.39 is 11.9 Å². The zero-order valence-corrected chi connectivity index (χ0v) is 23.1. The molecule has 3 heterocycles. The number of fused-ring (bicyclic) bond motifs is 1. The number of ether oxygens (including phenoxy) is 2. The van der Waals surface area contributed by atoms with Crippen molar-refractivity contribution in [3.8, 4) is 11.5 Å². The van der Waals surface area contributed by atoms with Crippen LogP contribution >= 0.6 is 0 Å². The minimum absolute atomic E-state index is 0.0650. The van der Waals surface area contributed by atoms with Gasteiger partial charge in [-0.2, -0.15) is 0 Å². The molecular weight excluding hydrogens is 486 g/mol. The summed E-state index contributed by atoms with van der Waals surface area (Å²) >= 11 is 0. The number of aryl methyl sites for hydroxylation is 3. The fourth-order valence-corrected chi connectivity index (χ4v) is 5.58. The largest absolute Gasteiger partial charge is 0.481 e. The summed E-state index contributed by atoms with van der Waals surface area (Å²) in [6.45, 7) is 10.3. The van der Waals surface area contributed by atoms with E-state index in [1.54, 1.807) is 0 Å². The Hall–Kier alpha value is -3.07. The molecule has 9 heteroatoms. The topological polar surface area (TPSA) is 105 Å². The second-order valence-corrected chi connectivity index (χ2v) is 10.5. The SMILES string of the molecule is CCCCN(CCCC)C(=O)CN1C[C@H](c2ccc3c(c2)OCO3)[C@@H](C(=O)O)[C@@H]1CCc1nc(C)c(C)o1. The quantitative estimate of drug-likeness (QED) is 0.405. The Morgan fingerprint density at radius 3 is 2.45 bits per heavy atom. The fourth-order valence-electron chi connectivity index (χ4n) is 5.58. The predicted octanol–water partition coefficient (Wildman–Crippen LogP) is 4.55. The third-order valence-corrected chi connectivity index (χ3v) is 7.84. The Labute approximate surface area is 225 Å². The first-order valence-electron chi connectivity index (χ1n) is 13.9. The highest BCUT2D eigenvalue weighted by Crippen LogP contribution is 2.43. The molecule has 2 aromatic rings. The van der Waals surface area contributed by atoms with Crippen LogP contribution in [0.4, 0.5) is 0 Å². The van der Waals surface area contributed by atoms with E-state index in [4.69, 9.17) is 13.9 Å². The van der Waals surface area contributed by atoms with Crippen LogP contribution in [0, 0.1) is 19.8 Å². The van der Waals surface area contributed by atoms with Crippen LogP contribution < -0.4 is 9.47 Å². The minimum atomic E-state index is -0.860. The molecule has 0 radical (unpaired) electrons. The maximum atomic E-state index is 13.5. The second kappa shape index (κ2) is 12.7. The number of amides is 1. The number of rotatable bonds is 13. The van der Waals surface area contributed by atoms with Crippen molar-refractivity contribution in [2.75, 3.05) is 33.0 Å². The lowest BCUT2D eigenvalue weighted by molar-refractivity contribution is -0.143. The smallest absolute Gasteiger partial charge is 0.308 e. The lowest BCUT2D eigenvalue weighted by atomic mass is 9.83. The lowest BCUT2D eigenvalue weighted by Gasteiger charge is -2.29. The molecule has 3 atom stereocenters. The molecule has 208 valence electrons. The summed E-state index contributed by atoms with van der Waals surface area (Å²) in [5.41, 5.74) is 1.73.